The molecule has 0 saturated heterocycles. The molecule has 142 valence electrons. The van der Waals surface area contributed by atoms with Gasteiger partial charge in [-0.3, -0.25) is 4.79 Å². The van der Waals surface area contributed by atoms with E-state index in [0.717, 1.165) is 17.9 Å². The lowest BCUT2D eigenvalue weighted by molar-refractivity contribution is 0.0946. The van der Waals surface area contributed by atoms with Crippen LogP contribution in [0.1, 0.15) is 48.0 Å². The fourth-order valence-electron chi connectivity index (χ4n) is 2.26. The topological polar surface area (TPSA) is 73.6 Å². The maximum Gasteiger partial charge on any atom is 0.251 e. The summed E-state index contributed by atoms with van der Waals surface area (Å²) in [4.78, 5) is 16.6. The van der Waals surface area contributed by atoms with E-state index in [1.165, 1.54) is 7.11 Å². The van der Waals surface area contributed by atoms with E-state index in [4.69, 9.17) is 25.5 Å². The quantitative estimate of drug-likeness (QED) is 0.738. The van der Waals surface area contributed by atoms with Crippen LogP contribution in [0.4, 0.5) is 0 Å². The summed E-state index contributed by atoms with van der Waals surface area (Å²) < 4.78 is 16.5. The summed E-state index contributed by atoms with van der Waals surface area (Å²) in [6.45, 7) is 8.64. The third-order valence-corrected chi connectivity index (χ3v) is 4.19. The smallest absolute Gasteiger partial charge is 0.251 e. The molecule has 2 rings (SSSR count). The molecular formula is C19H25ClN2O4. The molecule has 0 aliphatic rings. The minimum absolute atomic E-state index is 0.195. The molecule has 26 heavy (non-hydrogen) atoms. The predicted octanol–water partition coefficient (Wildman–Crippen LogP) is 4.31. The number of nitrogens with zero attached hydrogens (tertiary/aromatic N) is 1. The van der Waals surface area contributed by atoms with Gasteiger partial charge in [0.05, 0.1) is 31.0 Å². The maximum atomic E-state index is 12.4. The van der Waals surface area contributed by atoms with Gasteiger partial charge in [-0.1, -0.05) is 25.4 Å². The molecule has 0 radical (unpaired) electrons. The number of oxazole rings is 1. The molecule has 2 aromatic rings. The number of hydrogen-bond donors (Lipinski definition) is 1. The summed E-state index contributed by atoms with van der Waals surface area (Å²) in [5.41, 5.74) is 1.19. The van der Waals surface area contributed by atoms with E-state index in [-0.39, 0.29) is 12.5 Å². The molecule has 0 spiro atoms. The molecule has 1 aromatic heterocycles. The normalized spacial score (nSPS) is 10.9. The standard InChI is InChI=1S/C19H25ClN2O4/c1-11(2)6-7-25-18-15(20)8-14(9-16(18)24-5)19(23)21-10-17-22-12(3)13(4)26-17/h8-9,11H,6-7,10H2,1-5H3,(H,21,23). The number of aromatic nitrogens is 1. The third-order valence-electron chi connectivity index (χ3n) is 3.91. The van der Waals surface area contributed by atoms with Gasteiger partial charge in [0.1, 0.15) is 5.76 Å². The monoisotopic (exact) mass is 380 g/mol. The number of aryl methyl sites for hydroxylation is 2. The molecule has 0 fully saturated rings. The number of amides is 1. The number of hydrogen-bond acceptors (Lipinski definition) is 5. The Morgan fingerprint density at radius 3 is 2.65 bits per heavy atom. The van der Waals surface area contributed by atoms with Crippen LogP contribution in [0.5, 0.6) is 11.5 Å². The number of carbonyl (C=O) groups is 1. The van der Waals surface area contributed by atoms with Crippen molar-refractivity contribution in [3.8, 4) is 11.5 Å². The first-order valence-electron chi connectivity index (χ1n) is 8.53. The predicted molar refractivity (Wildman–Crippen MR) is 100 cm³/mol. The second-order valence-corrected chi connectivity index (χ2v) is 6.86. The Bertz CT molecular complexity index is 752. The zero-order chi connectivity index (χ0) is 19.3. The summed E-state index contributed by atoms with van der Waals surface area (Å²) >= 11 is 6.30. The summed E-state index contributed by atoms with van der Waals surface area (Å²) in [5, 5.41) is 3.10. The van der Waals surface area contributed by atoms with E-state index in [1.807, 2.05) is 13.8 Å². The van der Waals surface area contributed by atoms with Crippen molar-refractivity contribution in [2.75, 3.05) is 13.7 Å². The van der Waals surface area contributed by atoms with Gasteiger partial charge < -0.3 is 19.2 Å². The Kier molecular flexibility index (Phi) is 6.91. The molecule has 1 heterocycles. The van der Waals surface area contributed by atoms with Crippen molar-refractivity contribution >= 4 is 17.5 Å². The molecule has 0 aliphatic carbocycles. The first-order valence-corrected chi connectivity index (χ1v) is 8.91. The lowest BCUT2D eigenvalue weighted by Gasteiger charge is -2.14. The molecule has 1 N–H and O–H groups in total. The number of halogens is 1. The minimum Gasteiger partial charge on any atom is -0.493 e. The van der Waals surface area contributed by atoms with Gasteiger partial charge in [-0.2, -0.15) is 0 Å². The van der Waals surface area contributed by atoms with Gasteiger partial charge in [0, 0.05) is 5.56 Å². The Morgan fingerprint density at radius 1 is 1.35 bits per heavy atom. The summed E-state index contributed by atoms with van der Waals surface area (Å²) in [7, 11) is 1.51. The van der Waals surface area contributed by atoms with Crippen LogP contribution in [0.15, 0.2) is 16.5 Å². The molecule has 0 unspecified atom stereocenters. The van der Waals surface area contributed by atoms with Crippen LogP contribution in [-0.2, 0) is 6.54 Å². The van der Waals surface area contributed by atoms with Gasteiger partial charge in [0.15, 0.2) is 11.5 Å². The Labute approximate surface area is 158 Å². The Morgan fingerprint density at radius 2 is 2.08 bits per heavy atom. The number of ether oxygens (including phenoxy) is 2. The first-order chi connectivity index (χ1) is 12.3. The van der Waals surface area contributed by atoms with Crippen molar-refractivity contribution in [3.05, 3.63) is 40.1 Å². The van der Waals surface area contributed by atoms with Crippen molar-refractivity contribution in [1.82, 2.24) is 10.3 Å². The van der Waals surface area contributed by atoms with Crippen LogP contribution in [0.2, 0.25) is 5.02 Å². The van der Waals surface area contributed by atoms with Gasteiger partial charge in [0.2, 0.25) is 5.89 Å². The first kappa shape index (κ1) is 20.1. The number of rotatable bonds is 8. The van der Waals surface area contributed by atoms with Crippen LogP contribution in [0.25, 0.3) is 0 Å². The Balaban J connectivity index is 2.08. The average molecular weight is 381 g/mol. The van der Waals surface area contributed by atoms with Crippen LogP contribution in [0, 0.1) is 19.8 Å². The summed E-state index contributed by atoms with van der Waals surface area (Å²) in [5.74, 6) is 2.29. The molecular weight excluding hydrogens is 356 g/mol. The van der Waals surface area contributed by atoms with Gasteiger partial charge >= 0.3 is 0 Å². The highest BCUT2D eigenvalue weighted by atomic mass is 35.5. The Hall–Kier alpha value is -2.21. The van der Waals surface area contributed by atoms with E-state index in [9.17, 15) is 4.79 Å². The van der Waals surface area contributed by atoms with E-state index in [0.29, 0.717) is 40.5 Å². The van der Waals surface area contributed by atoms with E-state index in [2.05, 4.69) is 24.1 Å². The molecule has 1 aromatic carbocycles. The SMILES string of the molecule is COc1cc(C(=O)NCc2nc(C)c(C)o2)cc(Cl)c1OCCC(C)C. The second-order valence-electron chi connectivity index (χ2n) is 6.45. The van der Waals surface area contributed by atoms with Crippen LogP contribution in [-0.4, -0.2) is 24.6 Å². The molecule has 0 saturated carbocycles. The van der Waals surface area contributed by atoms with Crippen molar-refractivity contribution < 1.29 is 18.7 Å². The lowest BCUT2D eigenvalue weighted by Crippen LogP contribution is -2.23. The van der Waals surface area contributed by atoms with E-state index in [1.54, 1.807) is 12.1 Å². The second kappa shape index (κ2) is 8.94. The average Bonchev–Trinajstić information content (AvgIpc) is 2.91. The zero-order valence-corrected chi connectivity index (χ0v) is 16.6. The molecule has 0 atom stereocenters. The fourth-order valence-corrected chi connectivity index (χ4v) is 2.53. The fraction of sp³-hybridized carbons (Fsp3) is 0.474. The molecule has 6 nitrogen and oxygen atoms in total. The molecule has 7 heteroatoms. The number of methoxy groups -OCH3 is 1. The number of carbonyl (C=O) groups excluding carboxylic acids is 1. The highest BCUT2D eigenvalue weighted by molar-refractivity contribution is 6.32. The van der Waals surface area contributed by atoms with Crippen LogP contribution >= 0.6 is 11.6 Å². The van der Waals surface area contributed by atoms with Gasteiger partial charge in [-0.25, -0.2) is 4.98 Å². The maximum absolute atomic E-state index is 12.4. The molecule has 1 amide bonds. The van der Waals surface area contributed by atoms with Gasteiger partial charge in [-0.05, 0) is 38.3 Å². The van der Waals surface area contributed by atoms with Crippen LogP contribution < -0.4 is 14.8 Å². The van der Waals surface area contributed by atoms with Crippen molar-refractivity contribution in [1.29, 1.82) is 0 Å². The zero-order valence-electron chi connectivity index (χ0n) is 15.8. The number of benzene rings is 1. The third kappa shape index (κ3) is 5.14. The van der Waals surface area contributed by atoms with Crippen LogP contribution in [0.3, 0.4) is 0 Å². The van der Waals surface area contributed by atoms with Gasteiger partial charge in [-0.15, -0.1) is 0 Å². The minimum atomic E-state index is -0.299. The van der Waals surface area contributed by atoms with Gasteiger partial charge in [0.25, 0.3) is 5.91 Å². The molecule has 0 bridgehead atoms. The van der Waals surface area contributed by atoms with E-state index >= 15 is 0 Å². The largest absolute Gasteiger partial charge is 0.493 e. The highest BCUT2D eigenvalue weighted by Crippen LogP contribution is 2.36. The molecule has 0 aliphatic heterocycles. The lowest BCUT2D eigenvalue weighted by atomic mass is 10.1. The summed E-state index contributed by atoms with van der Waals surface area (Å²) in [6, 6.07) is 3.17. The highest BCUT2D eigenvalue weighted by Gasteiger charge is 2.17. The van der Waals surface area contributed by atoms with Crippen molar-refractivity contribution in [2.24, 2.45) is 5.92 Å². The number of nitrogens with one attached hydrogen (secondary N) is 1. The van der Waals surface area contributed by atoms with Crippen molar-refractivity contribution in [2.45, 2.75) is 40.7 Å². The van der Waals surface area contributed by atoms with Crippen molar-refractivity contribution in [3.63, 3.8) is 0 Å². The summed E-state index contributed by atoms with van der Waals surface area (Å²) in [6.07, 6.45) is 0.900. The van der Waals surface area contributed by atoms with E-state index < -0.39 is 0 Å².